The van der Waals surface area contributed by atoms with Gasteiger partial charge in [-0.3, -0.25) is 0 Å². The van der Waals surface area contributed by atoms with Crippen molar-refractivity contribution < 1.29 is 0 Å². The van der Waals surface area contributed by atoms with E-state index >= 15 is 0 Å². The second kappa shape index (κ2) is 6.01. The number of thiazole rings is 1. The van der Waals surface area contributed by atoms with Gasteiger partial charge in [-0.05, 0) is 49.0 Å². The second-order valence-corrected chi connectivity index (χ2v) is 6.98. The van der Waals surface area contributed by atoms with E-state index in [0.717, 1.165) is 29.3 Å². The van der Waals surface area contributed by atoms with Gasteiger partial charge in [0.15, 0.2) is 0 Å². The lowest BCUT2D eigenvalue weighted by Gasteiger charge is -2.15. The minimum absolute atomic E-state index is 0.629. The number of hydrogen-bond donors (Lipinski definition) is 0. The Hall–Kier alpha value is -1.63. The lowest BCUT2D eigenvalue weighted by molar-refractivity contribution is 0.502. The lowest BCUT2D eigenvalue weighted by atomic mass is 9.93. The van der Waals surface area contributed by atoms with E-state index in [1.165, 1.54) is 17.0 Å². The first-order valence-electron chi connectivity index (χ1n) is 7.02. The van der Waals surface area contributed by atoms with Gasteiger partial charge >= 0.3 is 0 Å². The number of allylic oxidation sites excluding steroid dienone is 1. The summed E-state index contributed by atoms with van der Waals surface area (Å²) in [6, 6.07) is 9.76. The van der Waals surface area contributed by atoms with Gasteiger partial charge in [0.05, 0.1) is 11.3 Å². The molecule has 0 spiro atoms. The topological polar surface area (TPSA) is 36.7 Å². The average molecular weight is 315 g/mol. The van der Waals surface area contributed by atoms with Gasteiger partial charge in [-0.1, -0.05) is 30.7 Å². The third kappa shape index (κ3) is 3.18. The molecule has 1 aromatic carbocycles. The summed E-state index contributed by atoms with van der Waals surface area (Å²) in [5, 5.41) is 11.0. The van der Waals surface area contributed by atoms with Crippen molar-refractivity contribution in [2.24, 2.45) is 5.92 Å². The van der Waals surface area contributed by atoms with Crippen LogP contribution in [0, 0.1) is 17.2 Å². The van der Waals surface area contributed by atoms with Gasteiger partial charge in [-0.15, -0.1) is 11.3 Å². The van der Waals surface area contributed by atoms with Crippen molar-refractivity contribution >= 4 is 34.6 Å². The van der Waals surface area contributed by atoms with Crippen LogP contribution in [0.25, 0.3) is 11.6 Å². The Bertz CT molecular complexity index is 722. The molecule has 3 rings (SSSR count). The van der Waals surface area contributed by atoms with Crippen LogP contribution in [0.2, 0.25) is 5.02 Å². The van der Waals surface area contributed by atoms with E-state index in [4.69, 9.17) is 11.6 Å². The Kier molecular flexibility index (Phi) is 4.10. The van der Waals surface area contributed by atoms with Crippen molar-refractivity contribution in [1.82, 2.24) is 4.98 Å². The predicted octanol–water partition coefficient (Wildman–Crippen LogP) is 4.99. The molecular formula is C17H15ClN2S. The fraction of sp³-hybridized carbons (Fsp3) is 0.294. The summed E-state index contributed by atoms with van der Waals surface area (Å²) >= 11 is 7.55. The molecule has 1 aromatic heterocycles. The first-order chi connectivity index (χ1) is 10.2. The SMILES string of the molecule is CC1CCc2nc(/C(C#N)=C\c3ccc(Cl)cc3)sc2C1. The Morgan fingerprint density at radius 3 is 2.90 bits per heavy atom. The maximum atomic E-state index is 9.43. The number of aryl methyl sites for hydroxylation is 1. The van der Waals surface area contributed by atoms with Crippen molar-refractivity contribution in [3.63, 3.8) is 0 Å². The van der Waals surface area contributed by atoms with Crippen LogP contribution in [-0.2, 0) is 12.8 Å². The van der Waals surface area contributed by atoms with Crippen molar-refractivity contribution in [1.29, 1.82) is 5.26 Å². The molecule has 0 radical (unpaired) electrons. The number of rotatable bonds is 2. The minimum Gasteiger partial charge on any atom is -0.240 e. The van der Waals surface area contributed by atoms with E-state index in [0.29, 0.717) is 10.6 Å². The van der Waals surface area contributed by atoms with Gasteiger partial charge in [0.2, 0.25) is 0 Å². The van der Waals surface area contributed by atoms with Gasteiger partial charge < -0.3 is 0 Å². The van der Waals surface area contributed by atoms with Crippen LogP contribution in [0.5, 0.6) is 0 Å². The molecule has 0 amide bonds. The molecule has 0 saturated heterocycles. The van der Waals surface area contributed by atoms with Gasteiger partial charge in [0.1, 0.15) is 11.1 Å². The molecule has 4 heteroatoms. The predicted molar refractivity (Wildman–Crippen MR) is 88.2 cm³/mol. The van der Waals surface area contributed by atoms with Gasteiger partial charge in [0, 0.05) is 9.90 Å². The van der Waals surface area contributed by atoms with E-state index in [-0.39, 0.29) is 0 Å². The second-order valence-electron chi connectivity index (χ2n) is 5.46. The lowest BCUT2D eigenvalue weighted by Crippen LogP contribution is -2.09. The number of fused-ring (bicyclic) bond motifs is 1. The molecule has 0 fully saturated rings. The van der Waals surface area contributed by atoms with E-state index in [1.807, 2.05) is 30.3 Å². The van der Waals surface area contributed by atoms with Crippen molar-refractivity contribution in [3.05, 3.63) is 50.4 Å². The number of halogens is 1. The molecule has 106 valence electrons. The fourth-order valence-electron chi connectivity index (χ4n) is 2.52. The molecule has 0 aliphatic heterocycles. The van der Waals surface area contributed by atoms with Crippen LogP contribution in [0.3, 0.4) is 0 Å². The Labute approximate surface area is 133 Å². The van der Waals surface area contributed by atoms with Crippen molar-refractivity contribution in [2.75, 3.05) is 0 Å². The summed E-state index contributed by atoms with van der Waals surface area (Å²) in [6.07, 6.45) is 5.20. The van der Waals surface area contributed by atoms with Crippen LogP contribution in [0.15, 0.2) is 24.3 Å². The van der Waals surface area contributed by atoms with E-state index in [2.05, 4.69) is 18.0 Å². The Balaban J connectivity index is 1.94. The minimum atomic E-state index is 0.629. The molecule has 1 aliphatic rings. The van der Waals surface area contributed by atoms with Crippen LogP contribution in [0.4, 0.5) is 0 Å². The molecular weight excluding hydrogens is 300 g/mol. The zero-order valence-corrected chi connectivity index (χ0v) is 13.3. The van der Waals surface area contributed by atoms with E-state index in [9.17, 15) is 5.26 Å². The molecule has 1 heterocycles. The standard InChI is InChI=1S/C17H15ClN2S/c1-11-2-7-15-16(8-11)21-17(20-15)13(10-19)9-12-3-5-14(18)6-4-12/h3-6,9,11H,2,7-8H2,1H3/b13-9-. The highest BCUT2D eigenvalue weighted by molar-refractivity contribution is 7.13. The maximum Gasteiger partial charge on any atom is 0.134 e. The Morgan fingerprint density at radius 2 is 2.19 bits per heavy atom. The van der Waals surface area contributed by atoms with Gasteiger partial charge in [0.25, 0.3) is 0 Å². The van der Waals surface area contributed by atoms with Crippen LogP contribution in [-0.4, -0.2) is 4.98 Å². The highest BCUT2D eigenvalue weighted by atomic mass is 35.5. The number of aromatic nitrogens is 1. The molecule has 0 bridgehead atoms. The highest BCUT2D eigenvalue weighted by Crippen LogP contribution is 2.33. The summed E-state index contributed by atoms with van der Waals surface area (Å²) in [5.41, 5.74) is 2.78. The first-order valence-corrected chi connectivity index (χ1v) is 8.21. The summed E-state index contributed by atoms with van der Waals surface area (Å²) in [4.78, 5) is 6.02. The third-order valence-electron chi connectivity index (χ3n) is 3.72. The van der Waals surface area contributed by atoms with Crippen molar-refractivity contribution in [2.45, 2.75) is 26.2 Å². The summed E-state index contributed by atoms with van der Waals surface area (Å²) in [6.45, 7) is 2.27. The normalized spacial score (nSPS) is 18.1. The highest BCUT2D eigenvalue weighted by Gasteiger charge is 2.20. The van der Waals surface area contributed by atoms with Gasteiger partial charge in [-0.25, -0.2) is 4.98 Å². The van der Waals surface area contributed by atoms with Crippen LogP contribution < -0.4 is 0 Å². The molecule has 1 aliphatic carbocycles. The maximum absolute atomic E-state index is 9.43. The molecule has 1 unspecified atom stereocenters. The molecule has 21 heavy (non-hydrogen) atoms. The average Bonchev–Trinajstić information content (AvgIpc) is 2.89. The summed E-state index contributed by atoms with van der Waals surface area (Å²) in [7, 11) is 0. The molecule has 2 nitrogen and oxygen atoms in total. The fourth-order valence-corrected chi connectivity index (χ4v) is 3.89. The number of nitrogens with zero attached hydrogens (tertiary/aromatic N) is 2. The Morgan fingerprint density at radius 1 is 1.43 bits per heavy atom. The zero-order chi connectivity index (χ0) is 14.8. The van der Waals surface area contributed by atoms with E-state index in [1.54, 1.807) is 11.3 Å². The quantitative estimate of drug-likeness (QED) is 0.732. The third-order valence-corrected chi connectivity index (χ3v) is 5.12. The molecule has 1 atom stereocenters. The van der Waals surface area contributed by atoms with Crippen molar-refractivity contribution in [3.8, 4) is 6.07 Å². The van der Waals surface area contributed by atoms with E-state index < -0.39 is 0 Å². The van der Waals surface area contributed by atoms with Gasteiger partial charge in [-0.2, -0.15) is 5.26 Å². The van der Waals surface area contributed by atoms with Crippen LogP contribution in [0.1, 0.15) is 34.5 Å². The number of benzene rings is 1. The number of nitriles is 1. The molecule has 2 aromatic rings. The largest absolute Gasteiger partial charge is 0.240 e. The summed E-state index contributed by atoms with van der Waals surface area (Å²) in [5.74, 6) is 0.719. The van der Waals surface area contributed by atoms with Crippen LogP contribution >= 0.6 is 22.9 Å². The monoisotopic (exact) mass is 314 g/mol. The first kappa shape index (κ1) is 14.3. The smallest absolute Gasteiger partial charge is 0.134 e. The summed E-state index contributed by atoms with van der Waals surface area (Å²) < 4.78 is 0. The molecule has 0 N–H and O–H groups in total. The zero-order valence-electron chi connectivity index (χ0n) is 11.8. The number of hydrogen-bond acceptors (Lipinski definition) is 3. The molecule has 0 saturated carbocycles.